The van der Waals surface area contributed by atoms with Crippen molar-refractivity contribution in [3.63, 3.8) is 0 Å². The molecule has 4 N–H and O–H groups in total. The molecule has 1 atom stereocenters. The number of nitrogens with two attached hydrogens (primary N) is 2. The second-order valence-corrected chi connectivity index (χ2v) is 8.13. The molecule has 2 nitrogen and oxygen atoms in total. The average Bonchev–Trinajstić information content (AvgIpc) is 2.68. The molecule has 0 fully saturated rings. The van der Waals surface area contributed by atoms with Crippen LogP contribution in [-0.4, -0.2) is 0 Å². The molecule has 0 spiro atoms. The molecular formula is C25H30N2. The molecule has 3 aromatic carbocycles. The summed E-state index contributed by atoms with van der Waals surface area (Å²) in [7, 11) is 0. The van der Waals surface area contributed by atoms with E-state index < -0.39 is 0 Å². The topological polar surface area (TPSA) is 52.0 Å². The lowest BCUT2D eigenvalue weighted by molar-refractivity contribution is 0.548. The molecule has 3 aromatic rings. The highest BCUT2D eigenvalue weighted by molar-refractivity contribution is 5.48. The Bertz CT molecular complexity index is 891. The molecule has 0 radical (unpaired) electrons. The first-order chi connectivity index (χ1) is 12.8. The molecule has 27 heavy (non-hydrogen) atoms. The third-order valence-corrected chi connectivity index (χ3v) is 6.13. The zero-order valence-corrected chi connectivity index (χ0v) is 16.8. The fourth-order valence-corrected chi connectivity index (χ4v) is 3.75. The maximum absolute atomic E-state index is 5.87. The van der Waals surface area contributed by atoms with Gasteiger partial charge in [-0.2, -0.15) is 0 Å². The van der Waals surface area contributed by atoms with Crippen LogP contribution in [0, 0.1) is 0 Å². The highest BCUT2D eigenvalue weighted by Crippen LogP contribution is 2.38. The Labute approximate surface area is 163 Å². The van der Waals surface area contributed by atoms with E-state index in [0.717, 1.165) is 17.8 Å². The summed E-state index contributed by atoms with van der Waals surface area (Å²) in [6.45, 7) is 9.06. The zero-order valence-electron chi connectivity index (χ0n) is 16.8. The van der Waals surface area contributed by atoms with Gasteiger partial charge in [-0.15, -0.1) is 0 Å². The van der Waals surface area contributed by atoms with Crippen LogP contribution in [0.15, 0.2) is 72.8 Å². The molecule has 0 heterocycles. The van der Waals surface area contributed by atoms with Crippen LogP contribution in [0.3, 0.4) is 0 Å². The predicted molar refractivity (Wildman–Crippen MR) is 117 cm³/mol. The molecule has 0 bridgehead atoms. The fraction of sp³-hybridized carbons (Fsp3) is 0.280. The number of benzene rings is 3. The minimum Gasteiger partial charge on any atom is -0.399 e. The van der Waals surface area contributed by atoms with Crippen molar-refractivity contribution in [2.45, 2.75) is 44.9 Å². The number of anilines is 2. The van der Waals surface area contributed by atoms with Crippen molar-refractivity contribution in [1.29, 1.82) is 0 Å². The van der Waals surface area contributed by atoms with Gasteiger partial charge in [0.05, 0.1) is 0 Å². The second kappa shape index (κ2) is 7.11. The van der Waals surface area contributed by atoms with Gasteiger partial charge in [0.2, 0.25) is 0 Å². The molecule has 0 saturated heterocycles. The van der Waals surface area contributed by atoms with Crippen LogP contribution in [0.2, 0.25) is 0 Å². The average molecular weight is 359 g/mol. The van der Waals surface area contributed by atoms with Gasteiger partial charge in [0.25, 0.3) is 0 Å². The SMILES string of the molecule is CCC(C)(c1ccc(N)cc1)c1ccc(C(C)(C)c2ccc(N)cc2)cc1. The first-order valence-corrected chi connectivity index (χ1v) is 9.60. The van der Waals surface area contributed by atoms with Gasteiger partial charge >= 0.3 is 0 Å². The fourth-order valence-electron chi connectivity index (χ4n) is 3.75. The minimum absolute atomic E-state index is 0.0302. The van der Waals surface area contributed by atoms with Gasteiger partial charge in [0.15, 0.2) is 0 Å². The lowest BCUT2D eigenvalue weighted by Crippen LogP contribution is -2.23. The predicted octanol–water partition coefficient (Wildman–Crippen LogP) is 5.89. The number of rotatable bonds is 5. The van der Waals surface area contributed by atoms with Crippen molar-refractivity contribution in [3.8, 4) is 0 Å². The third kappa shape index (κ3) is 3.57. The van der Waals surface area contributed by atoms with E-state index >= 15 is 0 Å². The first-order valence-electron chi connectivity index (χ1n) is 9.60. The summed E-state index contributed by atoms with van der Waals surface area (Å²) in [4.78, 5) is 0. The number of nitrogen functional groups attached to an aromatic ring is 2. The van der Waals surface area contributed by atoms with Crippen molar-refractivity contribution in [2.24, 2.45) is 0 Å². The third-order valence-electron chi connectivity index (χ3n) is 6.13. The van der Waals surface area contributed by atoms with E-state index in [2.05, 4.69) is 76.2 Å². The van der Waals surface area contributed by atoms with Gasteiger partial charge in [0.1, 0.15) is 0 Å². The van der Waals surface area contributed by atoms with Crippen LogP contribution in [0.1, 0.15) is 56.4 Å². The van der Waals surface area contributed by atoms with E-state index in [1.54, 1.807) is 0 Å². The Hall–Kier alpha value is -2.74. The summed E-state index contributed by atoms with van der Waals surface area (Å²) in [6.07, 6.45) is 1.03. The van der Waals surface area contributed by atoms with Crippen molar-refractivity contribution >= 4 is 11.4 Å². The molecule has 0 aliphatic heterocycles. The quantitative estimate of drug-likeness (QED) is 0.558. The lowest BCUT2D eigenvalue weighted by Gasteiger charge is -2.31. The zero-order chi connectivity index (χ0) is 19.7. The molecule has 3 rings (SSSR count). The minimum atomic E-state index is -0.0734. The van der Waals surface area contributed by atoms with Gasteiger partial charge in [-0.3, -0.25) is 0 Å². The van der Waals surface area contributed by atoms with Gasteiger partial charge in [-0.25, -0.2) is 0 Å². The van der Waals surface area contributed by atoms with Crippen LogP contribution < -0.4 is 11.5 Å². The Kier molecular flexibility index (Phi) is 5.01. The van der Waals surface area contributed by atoms with Gasteiger partial charge < -0.3 is 11.5 Å². The van der Waals surface area contributed by atoms with Crippen molar-refractivity contribution in [3.05, 3.63) is 95.1 Å². The Morgan fingerprint density at radius 1 is 0.556 bits per heavy atom. The number of hydrogen-bond donors (Lipinski definition) is 2. The molecule has 140 valence electrons. The Morgan fingerprint density at radius 2 is 0.852 bits per heavy atom. The summed E-state index contributed by atoms with van der Waals surface area (Å²) in [5.41, 5.74) is 18.4. The first kappa shape index (κ1) is 19.0. The maximum atomic E-state index is 5.87. The Balaban J connectivity index is 1.96. The normalized spacial score (nSPS) is 13.9. The summed E-state index contributed by atoms with van der Waals surface area (Å²) < 4.78 is 0. The molecule has 1 unspecified atom stereocenters. The van der Waals surface area contributed by atoms with Crippen LogP contribution in [0.4, 0.5) is 11.4 Å². The van der Waals surface area contributed by atoms with Gasteiger partial charge in [-0.05, 0) is 52.9 Å². The monoisotopic (exact) mass is 358 g/mol. The molecule has 0 aromatic heterocycles. The lowest BCUT2D eigenvalue weighted by atomic mass is 9.72. The van der Waals surface area contributed by atoms with Crippen molar-refractivity contribution in [1.82, 2.24) is 0 Å². The summed E-state index contributed by atoms with van der Waals surface area (Å²) in [5, 5.41) is 0. The van der Waals surface area contributed by atoms with Crippen LogP contribution >= 0.6 is 0 Å². The molecule has 2 heteroatoms. The van der Waals surface area contributed by atoms with Gasteiger partial charge in [0, 0.05) is 22.2 Å². The van der Waals surface area contributed by atoms with Crippen molar-refractivity contribution in [2.75, 3.05) is 11.5 Å². The van der Waals surface area contributed by atoms with E-state index in [1.165, 1.54) is 22.3 Å². The standard InChI is InChI=1S/C25H30N2/c1-5-25(4,21-12-16-23(27)17-13-21)20-8-6-18(7-9-20)24(2,3)19-10-14-22(26)15-11-19/h6-17H,5,26-27H2,1-4H3. The molecule has 0 aliphatic rings. The van der Waals surface area contributed by atoms with Gasteiger partial charge in [-0.1, -0.05) is 76.2 Å². The van der Waals surface area contributed by atoms with Crippen LogP contribution in [-0.2, 0) is 10.8 Å². The maximum Gasteiger partial charge on any atom is 0.0314 e. The smallest absolute Gasteiger partial charge is 0.0314 e. The molecule has 0 saturated carbocycles. The largest absolute Gasteiger partial charge is 0.399 e. The second-order valence-electron chi connectivity index (χ2n) is 8.13. The molecular weight excluding hydrogens is 328 g/mol. The molecule has 0 aliphatic carbocycles. The summed E-state index contributed by atoms with van der Waals surface area (Å²) >= 11 is 0. The van der Waals surface area contributed by atoms with E-state index in [-0.39, 0.29) is 10.8 Å². The van der Waals surface area contributed by atoms with E-state index in [9.17, 15) is 0 Å². The highest BCUT2D eigenvalue weighted by Gasteiger charge is 2.28. The molecule has 0 amide bonds. The van der Waals surface area contributed by atoms with Crippen LogP contribution in [0.5, 0.6) is 0 Å². The van der Waals surface area contributed by atoms with Crippen LogP contribution in [0.25, 0.3) is 0 Å². The summed E-state index contributed by atoms with van der Waals surface area (Å²) in [6, 6.07) is 25.5. The van der Waals surface area contributed by atoms with E-state index in [1.807, 2.05) is 24.3 Å². The highest BCUT2D eigenvalue weighted by atomic mass is 14.5. The van der Waals surface area contributed by atoms with Crippen molar-refractivity contribution < 1.29 is 0 Å². The summed E-state index contributed by atoms with van der Waals surface area (Å²) in [5.74, 6) is 0. The van der Waals surface area contributed by atoms with E-state index in [0.29, 0.717) is 0 Å². The van der Waals surface area contributed by atoms with E-state index in [4.69, 9.17) is 11.5 Å². The Morgan fingerprint density at radius 3 is 1.22 bits per heavy atom. The number of hydrogen-bond acceptors (Lipinski definition) is 2.